The van der Waals surface area contributed by atoms with Crippen molar-refractivity contribution in [2.75, 3.05) is 5.88 Å². The van der Waals surface area contributed by atoms with Crippen molar-refractivity contribution in [3.05, 3.63) is 28.5 Å². The molecule has 2 aromatic rings. The van der Waals surface area contributed by atoms with Crippen LogP contribution in [0.25, 0.3) is 11.0 Å². The van der Waals surface area contributed by atoms with Crippen LogP contribution < -0.4 is 0 Å². The Labute approximate surface area is 133 Å². The number of imidazole rings is 1. The van der Waals surface area contributed by atoms with Crippen LogP contribution in [0.15, 0.2) is 22.7 Å². The standard InChI is InChI=1S/C16H20BrClN2/c1-2-16(7-3-8-16)11-20-14-10-12(17)4-5-13(14)19-15(20)6-9-18/h4-5,10H,2-3,6-9,11H2,1H3. The van der Waals surface area contributed by atoms with E-state index in [0.29, 0.717) is 11.3 Å². The fourth-order valence-corrected chi connectivity index (χ4v) is 3.75. The summed E-state index contributed by atoms with van der Waals surface area (Å²) in [5, 5.41) is 0. The summed E-state index contributed by atoms with van der Waals surface area (Å²) in [4.78, 5) is 4.78. The van der Waals surface area contributed by atoms with Gasteiger partial charge in [0.2, 0.25) is 0 Å². The lowest BCUT2D eigenvalue weighted by Crippen LogP contribution is -2.34. The Balaban J connectivity index is 2.05. The number of hydrogen-bond acceptors (Lipinski definition) is 1. The molecule has 1 aromatic heterocycles. The molecule has 2 nitrogen and oxygen atoms in total. The molecule has 3 rings (SSSR count). The van der Waals surface area contributed by atoms with Crippen molar-refractivity contribution in [3.8, 4) is 0 Å². The van der Waals surface area contributed by atoms with Crippen molar-refractivity contribution < 1.29 is 0 Å². The van der Waals surface area contributed by atoms with Crippen LogP contribution >= 0.6 is 27.5 Å². The third-order valence-electron chi connectivity index (χ3n) is 4.77. The quantitative estimate of drug-likeness (QED) is 0.677. The second kappa shape index (κ2) is 5.69. The Kier molecular flexibility index (Phi) is 4.09. The van der Waals surface area contributed by atoms with E-state index in [9.17, 15) is 0 Å². The zero-order valence-electron chi connectivity index (χ0n) is 11.8. The number of benzene rings is 1. The van der Waals surface area contributed by atoms with Gasteiger partial charge in [0.25, 0.3) is 0 Å². The van der Waals surface area contributed by atoms with E-state index < -0.39 is 0 Å². The van der Waals surface area contributed by atoms with Crippen molar-refractivity contribution in [1.82, 2.24) is 9.55 Å². The van der Waals surface area contributed by atoms with Gasteiger partial charge in [0.15, 0.2) is 0 Å². The zero-order valence-corrected chi connectivity index (χ0v) is 14.2. The molecule has 1 fully saturated rings. The van der Waals surface area contributed by atoms with Gasteiger partial charge in [-0.25, -0.2) is 4.98 Å². The van der Waals surface area contributed by atoms with Crippen LogP contribution in [0.4, 0.5) is 0 Å². The van der Waals surface area contributed by atoms with E-state index in [-0.39, 0.29) is 0 Å². The molecule has 0 unspecified atom stereocenters. The van der Waals surface area contributed by atoms with Crippen LogP contribution in [-0.2, 0) is 13.0 Å². The van der Waals surface area contributed by atoms with Crippen LogP contribution in [-0.4, -0.2) is 15.4 Å². The van der Waals surface area contributed by atoms with Crippen molar-refractivity contribution in [2.45, 2.75) is 45.6 Å². The number of alkyl halides is 1. The van der Waals surface area contributed by atoms with Crippen molar-refractivity contribution >= 4 is 38.6 Å². The number of fused-ring (bicyclic) bond motifs is 1. The summed E-state index contributed by atoms with van der Waals surface area (Å²) in [5.41, 5.74) is 2.80. The van der Waals surface area contributed by atoms with Gasteiger partial charge in [-0.2, -0.15) is 0 Å². The summed E-state index contributed by atoms with van der Waals surface area (Å²) < 4.78 is 3.52. The molecule has 0 atom stereocenters. The summed E-state index contributed by atoms with van der Waals surface area (Å²) in [6, 6.07) is 6.33. The molecular formula is C16H20BrClN2. The van der Waals surface area contributed by atoms with Gasteiger partial charge in [-0.3, -0.25) is 0 Å². The minimum Gasteiger partial charge on any atom is -0.327 e. The highest BCUT2D eigenvalue weighted by Crippen LogP contribution is 2.45. The third-order valence-corrected chi connectivity index (χ3v) is 5.45. The summed E-state index contributed by atoms with van der Waals surface area (Å²) in [6.07, 6.45) is 6.15. The molecular weight excluding hydrogens is 336 g/mol. The number of rotatable bonds is 5. The third kappa shape index (κ3) is 2.50. The fourth-order valence-electron chi connectivity index (χ4n) is 3.23. The monoisotopic (exact) mass is 354 g/mol. The predicted octanol–water partition coefficient (Wildman–Crippen LogP) is 5.16. The highest BCUT2D eigenvalue weighted by molar-refractivity contribution is 9.10. The van der Waals surface area contributed by atoms with Crippen molar-refractivity contribution in [1.29, 1.82) is 0 Å². The molecule has 0 bridgehead atoms. The molecule has 1 aliphatic rings. The Morgan fingerprint density at radius 3 is 2.80 bits per heavy atom. The molecule has 20 heavy (non-hydrogen) atoms. The average Bonchev–Trinajstić information content (AvgIpc) is 2.72. The smallest absolute Gasteiger partial charge is 0.111 e. The van der Waals surface area contributed by atoms with Gasteiger partial charge in [-0.05, 0) is 42.9 Å². The minimum absolute atomic E-state index is 0.483. The molecule has 0 N–H and O–H groups in total. The lowest BCUT2D eigenvalue weighted by Gasteiger charge is -2.42. The Hall–Kier alpha value is -0.540. The first-order chi connectivity index (χ1) is 9.67. The molecule has 1 aromatic carbocycles. The summed E-state index contributed by atoms with van der Waals surface area (Å²) in [6.45, 7) is 3.40. The maximum absolute atomic E-state index is 5.96. The minimum atomic E-state index is 0.483. The molecule has 0 aliphatic heterocycles. The summed E-state index contributed by atoms with van der Waals surface area (Å²) in [7, 11) is 0. The number of aryl methyl sites for hydroxylation is 1. The maximum Gasteiger partial charge on any atom is 0.111 e. The molecule has 1 aliphatic carbocycles. The molecule has 1 heterocycles. The molecule has 1 saturated carbocycles. The average molecular weight is 356 g/mol. The molecule has 0 spiro atoms. The topological polar surface area (TPSA) is 17.8 Å². The molecule has 0 radical (unpaired) electrons. The SMILES string of the molecule is CCC1(Cn2c(CCCl)nc3ccc(Br)cc32)CCC1. The highest BCUT2D eigenvalue weighted by Gasteiger charge is 2.36. The van der Waals surface area contributed by atoms with E-state index in [0.717, 1.165) is 28.8 Å². The highest BCUT2D eigenvalue weighted by atomic mass is 79.9. The zero-order chi connectivity index (χ0) is 14.2. The first-order valence-electron chi connectivity index (χ1n) is 7.38. The van der Waals surface area contributed by atoms with E-state index in [2.05, 4.69) is 45.6 Å². The fraction of sp³-hybridized carbons (Fsp3) is 0.562. The van der Waals surface area contributed by atoms with Crippen LogP contribution in [0.2, 0.25) is 0 Å². The van der Waals surface area contributed by atoms with Crippen LogP contribution in [0.5, 0.6) is 0 Å². The molecule has 108 valence electrons. The number of hydrogen-bond donors (Lipinski definition) is 0. The van der Waals surface area contributed by atoms with Crippen LogP contribution in [0.1, 0.15) is 38.4 Å². The maximum atomic E-state index is 5.96. The van der Waals surface area contributed by atoms with Crippen molar-refractivity contribution in [3.63, 3.8) is 0 Å². The Morgan fingerprint density at radius 1 is 1.40 bits per heavy atom. The summed E-state index contributed by atoms with van der Waals surface area (Å²) >= 11 is 9.53. The molecule has 4 heteroatoms. The molecule has 0 saturated heterocycles. The van der Waals surface area contributed by atoms with Gasteiger partial charge in [0.05, 0.1) is 11.0 Å². The Bertz CT molecular complexity index is 611. The van der Waals surface area contributed by atoms with E-state index in [1.807, 2.05) is 0 Å². The van der Waals surface area contributed by atoms with Crippen LogP contribution in [0.3, 0.4) is 0 Å². The van der Waals surface area contributed by atoms with Gasteiger partial charge in [-0.15, -0.1) is 11.6 Å². The van der Waals surface area contributed by atoms with Crippen molar-refractivity contribution in [2.24, 2.45) is 5.41 Å². The van der Waals surface area contributed by atoms with Gasteiger partial charge in [0, 0.05) is 23.3 Å². The van der Waals surface area contributed by atoms with Gasteiger partial charge >= 0.3 is 0 Å². The second-order valence-electron chi connectivity index (χ2n) is 5.89. The lowest BCUT2D eigenvalue weighted by atomic mass is 9.67. The summed E-state index contributed by atoms with van der Waals surface area (Å²) in [5.74, 6) is 1.76. The van der Waals surface area contributed by atoms with Gasteiger partial charge in [-0.1, -0.05) is 29.3 Å². The molecule has 0 amide bonds. The first-order valence-corrected chi connectivity index (χ1v) is 8.71. The number of aromatic nitrogens is 2. The second-order valence-corrected chi connectivity index (χ2v) is 7.19. The largest absolute Gasteiger partial charge is 0.327 e. The normalized spacial score (nSPS) is 17.4. The number of halogens is 2. The lowest BCUT2D eigenvalue weighted by molar-refractivity contribution is 0.101. The first kappa shape index (κ1) is 14.4. The van der Waals surface area contributed by atoms with E-state index in [1.54, 1.807) is 0 Å². The van der Waals surface area contributed by atoms with Gasteiger partial charge in [0.1, 0.15) is 5.82 Å². The van der Waals surface area contributed by atoms with Crippen LogP contribution in [0, 0.1) is 5.41 Å². The van der Waals surface area contributed by atoms with Gasteiger partial charge < -0.3 is 4.57 Å². The Morgan fingerprint density at radius 2 is 2.20 bits per heavy atom. The number of nitrogens with zero attached hydrogens (tertiary/aromatic N) is 2. The van der Waals surface area contributed by atoms with E-state index in [1.165, 1.54) is 31.2 Å². The predicted molar refractivity (Wildman–Crippen MR) is 88.4 cm³/mol. The van der Waals surface area contributed by atoms with E-state index >= 15 is 0 Å². The van der Waals surface area contributed by atoms with E-state index in [4.69, 9.17) is 16.6 Å².